The summed E-state index contributed by atoms with van der Waals surface area (Å²) in [6.45, 7) is 6.56. The summed E-state index contributed by atoms with van der Waals surface area (Å²) in [4.78, 5) is 4.39. The van der Waals surface area contributed by atoms with Crippen molar-refractivity contribution in [2.24, 2.45) is 0 Å². The molecular weight excluding hydrogens is 222 g/mol. The maximum atomic E-state index is 5.44. The summed E-state index contributed by atoms with van der Waals surface area (Å²) in [7, 11) is 1.71. The van der Waals surface area contributed by atoms with Crippen LogP contribution in [0.4, 0.5) is 0 Å². The van der Waals surface area contributed by atoms with Gasteiger partial charge in [0.15, 0.2) is 0 Å². The van der Waals surface area contributed by atoms with E-state index in [0.29, 0.717) is 0 Å². The molecule has 0 bridgehead atoms. The Balaban J connectivity index is 2.53. The highest BCUT2D eigenvalue weighted by Crippen LogP contribution is 2.34. The molecule has 2 heteroatoms. The zero-order chi connectivity index (χ0) is 13.2. The minimum absolute atomic E-state index is 0.0517. The SMILES string of the molecule is COc1ccc(-c2ccccn2)cc1C(C)(C)C. The molecule has 94 valence electrons. The van der Waals surface area contributed by atoms with Crippen molar-refractivity contribution in [3.63, 3.8) is 0 Å². The highest BCUT2D eigenvalue weighted by atomic mass is 16.5. The van der Waals surface area contributed by atoms with Gasteiger partial charge < -0.3 is 4.74 Å². The van der Waals surface area contributed by atoms with Crippen molar-refractivity contribution in [1.82, 2.24) is 4.98 Å². The minimum atomic E-state index is 0.0517. The van der Waals surface area contributed by atoms with E-state index < -0.39 is 0 Å². The minimum Gasteiger partial charge on any atom is -0.496 e. The van der Waals surface area contributed by atoms with Crippen LogP contribution >= 0.6 is 0 Å². The van der Waals surface area contributed by atoms with E-state index in [4.69, 9.17) is 4.74 Å². The smallest absolute Gasteiger partial charge is 0.122 e. The van der Waals surface area contributed by atoms with Gasteiger partial charge in [0, 0.05) is 17.3 Å². The van der Waals surface area contributed by atoms with E-state index in [1.807, 2.05) is 30.5 Å². The van der Waals surface area contributed by atoms with Gasteiger partial charge in [0.2, 0.25) is 0 Å². The number of hydrogen-bond acceptors (Lipinski definition) is 2. The molecule has 2 nitrogen and oxygen atoms in total. The van der Waals surface area contributed by atoms with E-state index in [-0.39, 0.29) is 5.41 Å². The van der Waals surface area contributed by atoms with Gasteiger partial charge in [0.25, 0.3) is 0 Å². The third-order valence-corrected chi connectivity index (χ3v) is 2.97. The van der Waals surface area contributed by atoms with Crippen LogP contribution in [0, 0.1) is 0 Å². The van der Waals surface area contributed by atoms with Crippen molar-refractivity contribution >= 4 is 0 Å². The van der Waals surface area contributed by atoms with Gasteiger partial charge in [-0.2, -0.15) is 0 Å². The van der Waals surface area contributed by atoms with E-state index in [1.165, 1.54) is 5.56 Å². The second kappa shape index (κ2) is 4.81. The molecule has 0 saturated carbocycles. The summed E-state index contributed by atoms with van der Waals surface area (Å²) in [5.74, 6) is 0.933. The first-order valence-corrected chi connectivity index (χ1v) is 6.12. The molecule has 0 unspecified atom stereocenters. The standard InChI is InChI=1S/C16H19NO/c1-16(2,3)13-11-12(8-9-15(13)18-4)14-7-5-6-10-17-14/h5-11H,1-4H3. The molecule has 0 radical (unpaired) electrons. The Labute approximate surface area is 109 Å². The molecule has 0 spiro atoms. The Morgan fingerprint density at radius 2 is 1.83 bits per heavy atom. The molecule has 0 aliphatic heterocycles. The lowest BCUT2D eigenvalue weighted by Gasteiger charge is -2.22. The molecule has 0 amide bonds. The average molecular weight is 241 g/mol. The van der Waals surface area contributed by atoms with E-state index in [1.54, 1.807) is 7.11 Å². The van der Waals surface area contributed by atoms with Gasteiger partial charge in [-0.05, 0) is 35.7 Å². The molecule has 0 fully saturated rings. The van der Waals surface area contributed by atoms with Gasteiger partial charge >= 0.3 is 0 Å². The molecule has 1 aromatic carbocycles. The van der Waals surface area contributed by atoms with E-state index in [2.05, 4.69) is 37.9 Å². The quantitative estimate of drug-likeness (QED) is 0.791. The number of rotatable bonds is 2. The molecule has 0 atom stereocenters. The third-order valence-electron chi connectivity index (χ3n) is 2.97. The first-order chi connectivity index (χ1) is 8.52. The first-order valence-electron chi connectivity index (χ1n) is 6.12. The maximum Gasteiger partial charge on any atom is 0.122 e. The van der Waals surface area contributed by atoms with E-state index >= 15 is 0 Å². The summed E-state index contributed by atoms with van der Waals surface area (Å²) in [5.41, 5.74) is 3.37. The third kappa shape index (κ3) is 2.53. The van der Waals surface area contributed by atoms with Crippen molar-refractivity contribution in [3.8, 4) is 17.0 Å². The molecule has 1 heterocycles. The van der Waals surface area contributed by atoms with Crippen LogP contribution in [0.3, 0.4) is 0 Å². The van der Waals surface area contributed by atoms with Crippen molar-refractivity contribution in [2.75, 3.05) is 7.11 Å². The monoisotopic (exact) mass is 241 g/mol. The summed E-state index contributed by atoms with van der Waals surface area (Å²) >= 11 is 0. The molecule has 1 aromatic heterocycles. The number of hydrogen-bond donors (Lipinski definition) is 0. The molecule has 18 heavy (non-hydrogen) atoms. The second-order valence-electron chi connectivity index (χ2n) is 5.38. The fourth-order valence-electron chi connectivity index (χ4n) is 1.99. The first kappa shape index (κ1) is 12.6. The number of aromatic nitrogens is 1. The number of ether oxygens (including phenoxy) is 1. The van der Waals surface area contributed by atoms with Crippen molar-refractivity contribution in [2.45, 2.75) is 26.2 Å². The molecule has 2 aromatic rings. The number of benzene rings is 1. The van der Waals surface area contributed by atoms with Crippen LogP contribution in [0.2, 0.25) is 0 Å². The second-order valence-corrected chi connectivity index (χ2v) is 5.38. The Morgan fingerprint density at radius 3 is 2.39 bits per heavy atom. The van der Waals surface area contributed by atoms with Crippen LogP contribution in [-0.2, 0) is 5.41 Å². The van der Waals surface area contributed by atoms with Gasteiger partial charge in [0.05, 0.1) is 12.8 Å². The predicted molar refractivity (Wildman–Crippen MR) is 74.9 cm³/mol. The molecule has 0 saturated heterocycles. The molecule has 0 aliphatic rings. The highest BCUT2D eigenvalue weighted by Gasteiger charge is 2.19. The number of pyridine rings is 1. The normalized spacial score (nSPS) is 11.3. The lowest BCUT2D eigenvalue weighted by Crippen LogP contribution is -2.13. The topological polar surface area (TPSA) is 22.1 Å². The lowest BCUT2D eigenvalue weighted by atomic mass is 9.85. The van der Waals surface area contributed by atoms with Crippen LogP contribution in [0.5, 0.6) is 5.75 Å². The Kier molecular flexibility index (Phi) is 3.37. The van der Waals surface area contributed by atoms with Crippen LogP contribution in [0.15, 0.2) is 42.6 Å². The fourth-order valence-corrected chi connectivity index (χ4v) is 1.99. The Bertz CT molecular complexity index is 527. The van der Waals surface area contributed by atoms with Crippen LogP contribution in [0.25, 0.3) is 11.3 Å². The van der Waals surface area contributed by atoms with E-state index in [0.717, 1.165) is 17.0 Å². The molecule has 0 N–H and O–H groups in total. The largest absolute Gasteiger partial charge is 0.496 e. The molecular formula is C16H19NO. The summed E-state index contributed by atoms with van der Waals surface area (Å²) in [6.07, 6.45) is 1.82. The number of methoxy groups -OCH3 is 1. The fraction of sp³-hybridized carbons (Fsp3) is 0.312. The van der Waals surface area contributed by atoms with Crippen LogP contribution < -0.4 is 4.74 Å². The van der Waals surface area contributed by atoms with Gasteiger partial charge in [-0.25, -0.2) is 0 Å². The van der Waals surface area contributed by atoms with Crippen LogP contribution in [0.1, 0.15) is 26.3 Å². The molecule has 0 aliphatic carbocycles. The zero-order valence-corrected chi connectivity index (χ0v) is 11.4. The Morgan fingerprint density at radius 1 is 1.06 bits per heavy atom. The Hall–Kier alpha value is -1.83. The summed E-state index contributed by atoms with van der Waals surface area (Å²) in [6, 6.07) is 12.2. The summed E-state index contributed by atoms with van der Waals surface area (Å²) < 4.78 is 5.44. The van der Waals surface area contributed by atoms with Gasteiger partial charge in [-0.15, -0.1) is 0 Å². The van der Waals surface area contributed by atoms with Crippen molar-refractivity contribution in [3.05, 3.63) is 48.2 Å². The van der Waals surface area contributed by atoms with Gasteiger partial charge in [0.1, 0.15) is 5.75 Å². The lowest BCUT2D eigenvalue weighted by molar-refractivity contribution is 0.397. The van der Waals surface area contributed by atoms with Crippen molar-refractivity contribution < 1.29 is 4.74 Å². The predicted octanol–water partition coefficient (Wildman–Crippen LogP) is 4.05. The number of nitrogens with zero attached hydrogens (tertiary/aromatic N) is 1. The average Bonchev–Trinajstić information content (AvgIpc) is 2.38. The summed E-state index contributed by atoms with van der Waals surface area (Å²) in [5, 5.41) is 0. The highest BCUT2D eigenvalue weighted by molar-refractivity contribution is 5.62. The van der Waals surface area contributed by atoms with E-state index in [9.17, 15) is 0 Å². The van der Waals surface area contributed by atoms with Crippen molar-refractivity contribution in [1.29, 1.82) is 0 Å². The van der Waals surface area contributed by atoms with Gasteiger partial charge in [-0.3, -0.25) is 4.98 Å². The maximum absolute atomic E-state index is 5.44. The van der Waals surface area contributed by atoms with Crippen LogP contribution in [-0.4, -0.2) is 12.1 Å². The zero-order valence-electron chi connectivity index (χ0n) is 11.4. The molecule has 2 rings (SSSR count). The van der Waals surface area contributed by atoms with Gasteiger partial charge in [-0.1, -0.05) is 26.8 Å².